The Morgan fingerprint density at radius 3 is 2.82 bits per heavy atom. The van der Waals surface area contributed by atoms with Gasteiger partial charge in [0.05, 0.1) is 0 Å². The summed E-state index contributed by atoms with van der Waals surface area (Å²) in [5.74, 6) is 0.273. The van der Waals surface area contributed by atoms with Crippen LogP contribution in [0.3, 0.4) is 0 Å². The van der Waals surface area contributed by atoms with Crippen LogP contribution in [-0.4, -0.2) is 52.1 Å². The molecule has 17 heavy (non-hydrogen) atoms. The van der Waals surface area contributed by atoms with E-state index in [1.807, 2.05) is 11.8 Å². The zero-order valence-corrected chi connectivity index (χ0v) is 10.5. The van der Waals surface area contributed by atoms with Gasteiger partial charge in [0.2, 0.25) is 0 Å². The molecule has 0 aromatic heterocycles. The second kappa shape index (κ2) is 5.62. The van der Waals surface area contributed by atoms with Crippen LogP contribution >= 0.6 is 11.8 Å². The third-order valence-corrected chi connectivity index (χ3v) is 4.70. The van der Waals surface area contributed by atoms with Crippen LogP contribution in [-0.2, 0) is 4.79 Å². The maximum Gasteiger partial charge on any atom is 0.326 e. The van der Waals surface area contributed by atoms with Crippen molar-refractivity contribution in [2.24, 2.45) is 0 Å². The standard InChI is InChI=1S/C11H18N2O3S/c14-10(15)9-4-1-5-13(9)11(16)12-7-8-3-2-6-17-8/h8-9H,1-7H2,(H,12,16)(H,14,15)/t8?,9-/m0/s1. The van der Waals surface area contributed by atoms with Crippen LogP contribution in [0.25, 0.3) is 0 Å². The van der Waals surface area contributed by atoms with Crippen molar-refractivity contribution in [3.8, 4) is 0 Å². The van der Waals surface area contributed by atoms with Gasteiger partial charge in [0, 0.05) is 18.3 Å². The molecule has 0 aromatic rings. The Kier molecular flexibility index (Phi) is 4.15. The fourth-order valence-electron chi connectivity index (χ4n) is 2.37. The summed E-state index contributed by atoms with van der Waals surface area (Å²) in [6.45, 7) is 1.22. The van der Waals surface area contributed by atoms with Gasteiger partial charge in [0.25, 0.3) is 0 Å². The molecule has 2 amide bonds. The zero-order chi connectivity index (χ0) is 12.3. The van der Waals surface area contributed by atoms with Crippen LogP contribution in [0.15, 0.2) is 0 Å². The summed E-state index contributed by atoms with van der Waals surface area (Å²) in [6, 6.07) is -0.853. The number of carbonyl (C=O) groups excluding carboxylic acids is 1. The van der Waals surface area contributed by atoms with Gasteiger partial charge in [-0.3, -0.25) is 0 Å². The number of rotatable bonds is 3. The monoisotopic (exact) mass is 258 g/mol. The molecule has 0 saturated carbocycles. The van der Waals surface area contributed by atoms with Gasteiger partial charge in [-0.05, 0) is 31.4 Å². The molecule has 2 atom stereocenters. The van der Waals surface area contributed by atoms with Gasteiger partial charge in [0.1, 0.15) is 6.04 Å². The lowest BCUT2D eigenvalue weighted by Crippen LogP contribution is -2.47. The van der Waals surface area contributed by atoms with Gasteiger partial charge in [-0.15, -0.1) is 0 Å². The molecule has 0 aliphatic carbocycles. The maximum absolute atomic E-state index is 11.9. The molecule has 2 saturated heterocycles. The quantitative estimate of drug-likeness (QED) is 0.796. The van der Waals surface area contributed by atoms with Crippen molar-refractivity contribution in [3.05, 3.63) is 0 Å². The van der Waals surface area contributed by atoms with E-state index >= 15 is 0 Å². The van der Waals surface area contributed by atoms with E-state index in [1.165, 1.54) is 17.1 Å². The van der Waals surface area contributed by atoms with Crippen molar-refractivity contribution in [3.63, 3.8) is 0 Å². The highest BCUT2D eigenvalue weighted by Crippen LogP contribution is 2.25. The van der Waals surface area contributed by atoms with Crippen LogP contribution in [0.4, 0.5) is 4.79 Å². The van der Waals surface area contributed by atoms with Gasteiger partial charge in [-0.25, -0.2) is 9.59 Å². The van der Waals surface area contributed by atoms with Gasteiger partial charge < -0.3 is 15.3 Å². The largest absolute Gasteiger partial charge is 0.480 e. The van der Waals surface area contributed by atoms with Crippen LogP contribution in [0, 0.1) is 0 Å². The maximum atomic E-state index is 11.9. The minimum Gasteiger partial charge on any atom is -0.480 e. The average Bonchev–Trinajstić information content (AvgIpc) is 2.96. The molecule has 0 bridgehead atoms. The summed E-state index contributed by atoms with van der Waals surface area (Å²) < 4.78 is 0. The smallest absolute Gasteiger partial charge is 0.326 e. The van der Waals surface area contributed by atoms with Crippen LogP contribution < -0.4 is 5.32 Å². The number of nitrogens with one attached hydrogen (secondary N) is 1. The van der Waals surface area contributed by atoms with E-state index in [4.69, 9.17) is 5.11 Å². The predicted molar refractivity (Wildman–Crippen MR) is 66.2 cm³/mol. The van der Waals surface area contributed by atoms with Gasteiger partial charge >= 0.3 is 12.0 Å². The second-order valence-electron chi connectivity index (χ2n) is 4.51. The first-order chi connectivity index (χ1) is 8.18. The fraction of sp³-hybridized carbons (Fsp3) is 0.818. The molecular weight excluding hydrogens is 240 g/mol. The molecule has 0 radical (unpaired) electrons. The topological polar surface area (TPSA) is 69.6 Å². The minimum absolute atomic E-state index is 0.220. The molecule has 1 unspecified atom stereocenters. The molecule has 2 fully saturated rings. The third kappa shape index (κ3) is 3.06. The first-order valence-electron chi connectivity index (χ1n) is 6.07. The summed E-state index contributed by atoms with van der Waals surface area (Å²) in [7, 11) is 0. The average molecular weight is 258 g/mol. The number of urea groups is 1. The number of amides is 2. The molecule has 2 rings (SSSR count). The molecule has 96 valence electrons. The lowest BCUT2D eigenvalue weighted by Gasteiger charge is -2.22. The third-order valence-electron chi connectivity index (χ3n) is 3.30. The number of carbonyl (C=O) groups is 2. The lowest BCUT2D eigenvalue weighted by molar-refractivity contribution is -0.141. The summed E-state index contributed by atoms with van der Waals surface area (Å²) in [5.41, 5.74) is 0. The van der Waals surface area contributed by atoms with Crippen molar-refractivity contribution in [2.75, 3.05) is 18.8 Å². The van der Waals surface area contributed by atoms with E-state index < -0.39 is 12.0 Å². The van der Waals surface area contributed by atoms with Crippen molar-refractivity contribution in [1.82, 2.24) is 10.2 Å². The molecule has 2 N–H and O–H groups in total. The number of carboxylic acids is 1. The van der Waals surface area contributed by atoms with E-state index in [0.29, 0.717) is 24.8 Å². The minimum atomic E-state index is -0.895. The first-order valence-corrected chi connectivity index (χ1v) is 7.12. The summed E-state index contributed by atoms with van der Waals surface area (Å²) in [6.07, 6.45) is 3.71. The van der Waals surface area contributed by atoms with Crippen molar-refractivity contribution < 1.29 is 14.7 Å². The Morgan fingerprint density at radius 1 is 1.35 bits per heavy atom. The molecular formula is C11H18N2O3S. The van der Waals surface area contributed by atoms with Crippen molar-refractivity contribution in [1.29, 1.82) is 0 Å². The normalized spacial score (nSPS) is 28.4. The van der Waals surface area contributed by atoms with Crippen LogP contribution in [0.5, 0.6) is 0 Å². The highest BCUT2D eigenvalue weighted by atomic mass is 32.2. The van der Waals surface area contributed by atoms with Crippen LogP contribution in [0.2, 0.25) is 0 Å². The molecule has 6 heteroatoms. The van der Waals surface area contributed by atoms with E-state index in [0.717, 1.165) is 12.8 Å². The fourth-order valence-corrected chi connectivity index (χ4v) is 3.58. The highest BCUT2D eigenvalue weighted by Gasteiger charge is 2.34. The first kappa shape index (κ1) is 12.5. The lowest BCUT2D eigenvalue weighted by atomic mass is 10.2. The van der Waals surface area contributed by atoms with E-state index in [9.17, 15) is 9.59 Å². The molecule has 2 aliphatic rings. The Balaban J connectivity index is 1.80. The predicted octanol–water partition coefficient (Wildman–Crippen LogP) is 1.14. The zero-order valence-electron chi connectivity index (χ0n) is 9.72. The number of nitrogens with zero attached hydrogens (tertiary/aromatic N) is 1. The highest BCUT2D eigenvalue weighted by molar-refractivity contribution is 8.00. The number of thioether (sulfide) groups is 1. The summed E-state index contributed by atoms with van der Waals surface area (Å²) >= 11 is 1.88. The molecule has 0 spiro atoms. The second-order valence-corrected chi connectivity index (χ2v) is 5.92. The molecule has 5 nitrogen and oxygen atoms in total. The summed E-state index contributed by atoms with van der Waals surface area (Å²) in [4.78, 5) is 24.3. The SMILES string of the molecule is O=C(O)[C@@H]1CCCN1C(=O)NCC1CCCS1. The van der Waals surface area contributed by atoms with Gasteiger partial charge in [-0.1, -0.05) is 0 Å². The van der Waals surface area contributed by atoms with E-state index in [-0.39, 0.29) is 6.03 Å². The van der Waals surface area contributed by atoms with Crippen molar-refractivity contribution in [2.45, 2.75) is 37.0 Å². The molecule has 2 aliphatic heterocycles. The number of likely N-dealkylation sites (tertiary alicyclic amines) is 1. The number of aliphatic carboxylic acids is 1. The molecule has 0 aromatic carbocycles. The Bertz CT molecular complexity index is 305. The van der Waals surface area contributed by atoms with Gasteiger partial charge in [-0.2, -0.15) is 11.8 Å². The van der Waals surface area contributed by atoms with Gasteiger partial charge in [0.15, 0.2) is 0 Å². The van der Waals surface area contributed by atoms with Crippen LogP contribution in [0.1, 0.15) is 25.7 Å². The Hall–Kier alpha value is -0.910. The van der Waals surface area contributed by atoms with Crippen molar-refractivity contribution >= 4 is 23.8 Å². The Morgan fingerprint density at radius 2 is 2.18 bits per heavy atom. The number of carboxylic acid groups (broad SMARTS) is 1. The van der Waals surface area contributed by atoms with E-state index in [1.54, 1.807) is 0 Å². The van der Waals surface area contributed by atoms with E-state index in [2.05, 4.69) is 5.32 Å². The Labute approximate surface area is 105 Å². The molecule has 2 heterocycles. The summed E-state index contributed by atoms with van der Waals surface area (Å²) in [5, 5.41) is 12.3. The number of hydrogen-bond acceptors (Lipinski definition) is 3. The number of hydrogen-bond donors (Lipinski definition) is 2.